The molecule has 0 saturated heterocycles. The number of hydrogen-bond acceptors (Lipinski definition) is 2. The standard InChI is InChI=1S/C22H18N2O/c1-3-9-17(10-4-1)16-25-21-14-8-7-13-19(21)20-15-23-22(24-20)18-11-5-2-6-12-18/h1-15H,16H2,(H,23,24). The molecule has 0 spiro atoms. The highest BCUT2D eigenvalue weighted by molar-refractivity contribution is 5.69. The summed E-state index contributed by atoms with van der Waals surface area (Å²) in [6.07, 6.45) is 1.92. The summed E-state index contributed by atoms with van der Waals surface area (Å²) in [7, 11) is 0. The van der Waals surface area contributed by atoms with Crippen LogP contribution in [0.3, 0.4) is 0 Å². The van der Waals surface area contributed by atoms with Gasteiger partial charge in [-0.25, -0.2) is 4.98 Å². The number of hydrogen-bond donors (Lipinski definition) is 1. The minimum absolute atomic E-state index is 0.536. The molecule has 0 saturated carbocycles. The Kier molecular flexibility index (Phi) is 4.29. The van der Waals surface area contributed by atoms with Crippen molar-refractivity contribution in [1.29, 1.82) is 0 Å². The van der Waals surface area contributed by atoms with E-state index in [0.717, 1.165) is 34.0 Å². The SMILES string of the molecule is c1ccc(COc2ccccc2-c2c[nH]c(-c3ccccc3)n2)cc1. The molecule has 0 aliphatic heterocycles. The van der Waals surface area contributed by atoms with Crippen LogP contribution < -0.4 is 4.74 Å². The van der Waals surface area contributed by atoms with Crippen LogP contribution in [0, 0.1) is 0 Å². The van der Waals surface area contributed by atoms with Crippen molar-refractivity contribution in [3.05, 3.63) is 96.7 Å². The van der Waals surface area contributed by atoms with Crippen molar-refractivity contribution < 1.29 is 4.74 Å². The van der Waals surface area contributed by atoms with E-state index >= 15 is 0 Å². The number of nitrogens with zero attached hydrogens (tertiary/aromatic N) is 1. The predicted molar refractivity (Wildman–Crippen MR) is 100 cm³/mol. The lowest BCUT2D eigenvalue weighted by atomic mass is 10.1. The maximum Gasteiger partial charge on any atom is 0.138 e. The van der Waals surface area contributed by atoms with Crippen molar-refractivity contribution in [1.82, 2.24) is 9.97 Å². The van der Waals surface area contributed by atoms with Crippen LogP contribution in [0.2, 0.25) is 0 Å². The number of aromatic amines is 1. The van der Waals surface area contributed by atoms with Crippen LogP contribution in [0.25, 0.3) is 22.6 Å². The molecule has 4 rings (SSSR count). The van der Waals surface area contributed by atoms with E-state index in [1.807, 2.05) is 79.0 Å². The van der Waals surface area contributed by atoms with Crippen molar-refractivity contribution in [2.45, 2.75) is 6.61 Å². The first-order chi connectivity index (χ1) is 12.4. The summed E-state index contributed by atoms with van der Waals surface area (Å²) in [4.78, 5) is 7.99. The van der Waals surface area contributed by atoms with E-state index in [0.29, 0.717) is 6.61 Å². The highest BCUT2D eigenvalue weighted by atomic mass is 16.5. The van der Waals surface area contributed by atoms with Gasteiger partial charge in [-0.2, -0.15) is 0 Å². The van der Waals surface area contributed by atoms with Crippen LogP contribution in [0.4, 0.5) is 0 Å². The van der Waals surface area contributed by atoms with Gasteiger partial charge in [-0.05, 0) is 17.7 Å². The van der Waals surface area contributed by atoms with E-state index < -0.39 is 0 Å². The topological polar surface area (TPSA) is 37.9 Å². The summed E-state index contributed by atoms with van der Waals surface area (Å²) in [6, 6.07) is 28.3. The zero-order valence-corrected chi connectivity index (χ0v) is 13.7. The van der Waals surface area contributed by atoms with Crippen LogP contribution >= 0.6 is 0 Å². The number of H-pyrrole nitrogens is 1. The average molecular weight is 326 g/mol. The van der Waals surface area contributed by atoms with E-state index in [2.05, 4.69) is 17.1 Å². The second-order valence-corrected chi connectivity index (χ2v) is 5.77. The molecule has 1 aromatic heterocycles. The number of nitrogens with one attached hydrogen (secondary N) is 1. The Morgan fingerprint density at radius 2 is 1.44 bits per heavy atom. The average Bonchev–Trinajstić information content (AvgIpc) is 3.18. The summed E-state index contributed by atoms with van der Waals surface area (Å²) >= 11 is 0. The van der Waals surface area contributed by atoms with Crippen molar-refractivity contribution >= 4 is 0 Å². The molecule has 0 radical (unpaired) electrons. The first-order valence-corrected chi connectivity index (χ1v) is 8.27. The molecule has 0 bridgehead atoms. The zero-order valence-electron chi connectivity index (χ0n) is 13.7. The number of rotatable bonds is 5. The molecule has 3 nitrogen and oxygen atoms in total. The summed E-state index contributed by atoms with van der Waals surface area (Å²) in [5.74, 6) is 1.69. The van der Waals surface area contributed by atoms with Gasteiger partial charge < -0.3 is 9.72 Å². The Morgan fingerprint density at radius 1 is 0.760 bits per heavy atom. The number of ether oxygens (including phenoxy) is 1. The van der Waals surface area contributed by atoms with E-state index in [1.165, 1.54) is 0 Å². The Morgan fingerprint density at radius 3 is 2.24 bits per heavy atom. The molecule has 25 heavy (non-hydrogen) atoms. The van der Waals surface area contributed by atoms with Crippen LogP contribution in [0.15, 0.2) is 91.1 Å². The highest BCUT2D eigenvalue weighted by Crippen LogP contribution is 2.30. The second kappa shape index (κ2) is 7.05. The quantitative estimate of drug-likeness (QED) is 0.539. The van der Waals surface area contributed by atoms with Crippen LogP contribution in [-0.2, 0) is 6.61 Å². The molecular formula is C22H18N2O. The molecule has 0 aliphatic rings. The number of benzene rings is 3. The Labute approximate surface area is 147 Å². The number of para-hydroxylation sites is 1. The fourth-order valence-electron chi connectivity index (χ4n) is 2.74. The summed E-state index contributed by atoms with van der Waals surface area (Å²) in [6.45, 7) is 0.536. The molecule has 0 aliphatic carbocycles. The molecule has 122 valence electrons. The van der Waals surface area contributed by atoms with Gasteiger partial charge in [-0.1, -0.05) is 72.8 Å². The van der Waals surface area contributed by atoms with Crippen molar-refractivity contribution in [3.63, 3.8) is 0 Å². The molecule has 4 aromatic rings. The third-order valence-electron chi connectivity index (χ3n) is 4.03. The van der Waals surface area contributed by atoms with Gasteiger partial charge in [0.15, 0.2) is 0 Å². The lowest BCUT2D eigenvalue weighted by molar-refractivity contribution is 0.307. The van der Waals surface area contributed by atoms with Gasteiger partial charge in [-0.3, -0.25) is 0 Å². The fourth-order valence-corrected chi connectivity index (χ4v) is 2.74. The first-order valence-electron chi connectivity index (χ1n) is 8.27. The van der Waals surface area contributed by atoms with Crippen molar-refractivity contribution in [2.24, 2.45) is 0 Å². The van der Waals surface area contributed by atoms with Crippen LogP contribution in [-0.4, -0.2) is 9.97 Å². The molecule has 0 atom stereocenters. The number of aromatic nitrogens is 2. The minimum Gasteiger partial charge on any atom is -0.488 e. The Hall–Kier alpha value is -3.33. The molecule has 1 N–H and O–H groups in total. The molecule has 0 fully saturated rings. The van der Waals surface area contributed by atoms with Crippen molar-refractivity contribution in [3.8, 4) is 28.4 Å². The summed E-state index contributed by atoms with van der Waals surface area (Å²) < 4.78 is 6.04. The normalized spacial score (nSPS) is 10.6. The van der Waals surface area contributed by atoms with Gasteiger partial charge in [0.05, 0.1) is 5.69 Å². The lowest BCUT2D eigenvalue weighted by Crippen LogP contribution is -1.96. The van der Waals surface area contributed by atoms with Crippen LogP contribution in [0.1, 0.15) is 5.56 Å². The Balaban J connectivity index is 1.60. The maximum absolute atomic E-state index is 6.04. The van der Waals surface area contributed by atoms with Crippen LogP contribution in [0.5, 0.6) is 5.75 Å². The lowest BCUT2D eigenvalue weighted by Gasteiger charge is -2.10. The zero-order chi connectivity index (χ0) is 16.9. The van der Waals surface area contributed by atoms with Crippen molar-refractivity contribution in [2.75, 3.05) is 0 Å². The van der Waals surface area contributed by atoms with Gasteiger partial charge in [0, 0.05) is 17.3 Å². The Bertz CT molecular complexity index is 946. The third-order valence-corrected chi connectivity index (χ3v) is 4.03. The second-order valence-electron chi connectivity index (χ2n) is 5.77. The van der Waals surface area contributed by atoms with Gasteiger partial charge in [0.2, 0.25) is 0 Å². The van der Waals surface area contributed by atoms with Gasteiger partial charge in [-0.15, -0.1) is 0 Å². The summed E-state index contributed by atoms with van der Waals surface area (Å²) in [5.41, 5.74) is 4.07. The molecular weight excluding hydrogens is 308 g/mol. The highest BCUT2D eigenvalue weighted by Gasteiger charge is 2.10. The first kappa shape index (κ1) is 15.2. The fraction of sp³-hybridized carbons (Fsp3) is 0.0455. The van der Waals surface area contributed by atoms with Gasteiger partial charge >= 0.3 is 0 Å². The molecule has 1 heterocycles. The van der Waals surface area contributed by atoms with E-state index in [4.69, 9.17) is 9.72 Å². The number of imidazole rings is 1. The van der Waals surface area contributed by atoms with Gasteiger partial charge in [0.1, 0.15) is 18.2 Å². The monoisotopic (exact) mass is 326 g/mol. The summed E-state index contributed by atoms with van der Waals surface area (Å²) in [5, 5.41) is 0. The smallest absolute Gasteiger partial charge is 0.138 e. The third kappa shape index (κ3) is 3.45. The molecule has 0 amide bonds. The largest absolute Gasteiger partial charge is 0.488 e. The van der Waals surface area contributed by atoms with Gasteiger partial charge in [0.25, 0.3) is 0 Å². The van der Waals surface area contributed by atoms with E-state index in [9.17, 15) is 0 Å². The molecule has 3 heteroatoms. The minimum atomic E-state index is 0.536. The molecule has 3 aromatic carbocycles. The molecule has 0 unspecified atom stereocenters. The van der Waals surface area contributed by atoms with E-state index in [1.54, 1.807) is 0 Å². The van der Waals surface area contributed by atoms with E-state index in [-0.39, 0.29) is 0 Å². The maximum atomic E-state index is 6.04. The predicted octanol–water partition coefficient (Wildman–Crippen LogP) is 5.32.